The number of aryl methyl sites for hydroxylation is 1. The molecule has 1 fully saturated rings. The van der Waals surface area contributed by atoms with E-state index in [4.69, 9.17) is 5.73 Å². The molecule has 0 atom stereocenters. The van der Waals surface area contributed by atoms with Crippen LogP contribution in [0.3, 0.4) is 0 Å². The van der Waals surface area contributed by atoms with Gasteiger partial charge in [0.05, 0.1) is 11.4 Å². The maximum absolute atomic E-state index is 6.07. The van der Waals surface area contributed by atoms with E-state index in [1.807, 2.05) is 18.2 Å². The van der Waals surface area contributed by atoms with E-state index >= 15 is 0 Å². The van der Waals surface area contributed by atoms with Gasteiger partial charge in [-0.2, -0.15) is 0 Å². The van der Waals surface area contributed by atoms with Crippen LogP contribution in [0.15, 0.2) is 30.9 Å². The summed E-state index contributed by atoms with van der Waals surface area (Å²) >= 11 is 0. The predicted molar refractivity (Wildman–Crippen MR) is 74.4 cm³/mol. The third-order valence-electron chi connectivity index (χ3n) is 3.34. The fraction of sp³-hybridized carbons (Fsp3) is 0.429. The monoisotopic (exact) mass is 231 g/mol. The first kappa shape index (κ1) is 12.0. The first-order chi connectivity index (χ1) is 8.22. The summed E-state index contributed by atoms with van der Waals surface area (Å²) in [5.41, 5.74) is 9.44. The Balaban J connectivity index is 2.08. The zero-order chi connectivity index (χ0) is 12.3. The van der Waals surface area contributed by atoms with Crippen molar-refractivity contribution in [3.63, 3.8) is 0 Å². The summed E-state index contributed by atoms with van der Waals surface area (Å²) in [5, 5.41) is 0. The van der Waals surface area contributed by atoms with Crippen LogP contribution in [0.4, 0.5) is 11.4 Å². The van der Waals surface area contributed by atoms with Crippen LogP contribution in [0.5, 0.6) is 0 Å². The number of anilines is 2. The third-order valence-corrected chi connectivity index (χ3v) is 3.34. The van der Waals surface area contributed by atoms with Crippen LogP contribution in [0.25, 0.3) is 0 Å². The number of nitrogens with two attached hydrogens (primary N) is 1. The Hall–Kier alpha value is -1.48. The molecule has 1 aliphatic heterocycles. The Morgan fingerprint density at radius 1 is 1.29 bits per heavy atom. The summed E-state index contributed by atoms with van der Waals surface area (Å²) in [4.78, 5) is 4.81. The van der Waals surface area contributed by atoms with E-state index in [9.17, 15) is 0 Å². The van der Waals surface area contributed by atoms with Crippen LogP contribution in [0.2, 0.25) is 0 Å². The Morgan fingerprint density at radius 2 is 2.00 bits per heavy atom. The lowest BCUT2D eigenvalue weighted by Crippen LogP contribution is -2.46. The number of piperazine rings is 1. The van der Waals surface area contributed by atoms with Crippen LogP contribution < -0.4 is 10.6 Å². The molecule has 0 aliphatic carbocycles. The molecule has 17 heavy (non-hydrogen) atoms. The van der Waals surface area contributed by atoms with E-state index < -0.39 is 0 Å². The minimum Gasteiger partial charge on any atom is -0.397 e. The minimum atomic E-state index is 0.891. The second kappa shape index (κ2) is 5.23. The minimum absolute atomic E-state index is 0.891. The molecule has 1 aliphatic rings. The van der Waals surface area contributed by atoms with E-state index in [1.54, 1.807) is 0 Å². The van der Waals surface area contributed by atoms with Crippen LogP contribution in [-0.4, -0.2) is 37.6 Å². The molecule has 0 spiro atoms. The van der Waals surface area contributed by atoms with Gasteiger partial charge in [-0.15, -0.1) is 6.58 Å². The van der Waals surface area contributed by atoms with Crippen molar-refractivity contribution in [2.75, 3.05) is 43.4 Å². The average Bonchev–Trinajstić information content (AvgIpc) is 2.31. The van der Waals surface area contributed by atoms with Crippen molar-refractivity contribution in [1.29, 1.82) is 0 Å². The highest BCUT2D eigenvalue weighted by atomic mass is 15.3. The average molecular weight is 231 g/mol. The molecule has 1 saturated heterocycles. The van der Waals surface area contributed by atoms with E-state index in [0.717, 1.165) is 38.4 Å². The summed E-state index contributed by atoms with van der Waals surface area (Å²) < 4.78 is 0. The summed E-state index contributed by atoms with van der Waals surface area (Å²) in [6, 6.07) is 6.13. The quantitative estimate of drug-likeness (QED) is 0.637. The number of hydrogen-bond donors (Lipinski definition) is 1. The normalized spacial score (nSPS) is 17.1. The van der Waals surface area contributed by atoms with E-state index in [2.05, 4.69) is 29.4 Å². The van der Waals surface area contributed by atoms with Gasteiger partial charge in [0.15, 0.2) is 0 Å². The van der Waals surface area contributed by atoms with Gasteiger partial charge in [-0.1, -0.05) is 18.2 Å². The molecule has 2 rings (SSSR count). The number of hydrogen-bond acceptors (Lipinski definition) is 3. The van der Waals surface area contributed by atoms with Crippen LogP contribution in [0.1, 0.15) is 5.56 Å². The van der Waals surface area contributed by atoms with Crippen molar-refractivity contribution in [1.82, 2.24) is 4.90 Å². The molecule has 92 valence electrons. The van der Waals surface area contributed by atoms with Gasteiger partial charge in [0, 0.05) is 32.7 Å². The van der Waals surface area contributed by atoms with Gasteiger partial charge >= 0.3 is 0 Å². The van der Waals surface area contributed by atoms with Crippen molar-refractivity contribution < 1.29 is 0 Å². The van der Waals surface area contributed by atoms with Gasteiger partial charge in [0.25, 0.3) is 0 Å². The Bertz CT molecular complexity index is 372. The fourth-order valence-corrected chi connectivity index (χ4v) is 2.45. The molecule has 3 heteroatoms. The summed E-state index contributed by atoms with van der Waals surface area (Å²) in [6.45, 7) is 11.2. The largest absolute Gasteiger partial charge is 0.397 e. The van der Waals surface area contributed by atoms with Crippen molar-refractivity contribution >= 4 is 11.4 Å². The van der Waals surface area contributed by atoms with Crippen molar-refractivity contribution in [3.05, 3.63) is 36.4 Å². The lowest BCUT2D eigenvalue weighted by atomic mass is 10.1. The first-order valence-corrected chi connectivity index (χ1v) is 6.15. The molecular weight excluding hydrogens is 210 g/mol. The topological polar surface area (TPSA) is 32.5 Å². The zero-order valence-corrected chi connectivity index (χ0v) is 10.5. The Morgan fingerprint density at radius 3 is 2.59 bits per heavy atom. The highest BCUT2D eigenvalue weighted by Gasteiger charge is 2.18. The molecule has 1 heterocycles. The number of benzene rings is 1. The second-order valence-electron chi connectivity index (χ2n) is 4.59. The summed E-state index contributed by atoms with van der Waals surface area (Å²) in [6.07, 6.45) is 1.97. The molecule has 3 nitrogen and oxygen atoms in total. The molecule has 0 amide bonds. The highest BCUT2D eigenvalue weighted by Crippen LogP contribution is 2.27. The third kappa shape index (κ3) is 2.61. The predicted octanol–water partition coefficient (Wildman–Crippen LogP) is 1.89. The smallest absolute Gasteiger partial charge is 0.0630 e. The van der Waals surface area contributed by atoms with E-state index in [1.165, 1.54) is 11.3 Å². The zero-order valence-electron chi connectivity index (χ0n) is 10.5. The second-order valence-corrected chi connectivity index (χ2v) is 4.59. The Kier molecular flexibility index (Phi) is 3.69. The molecule has 0 bridgehead atoms. The first-order valence-electron chi connectivity index (χ1n) is 6.15. The molecule has 0 radical (unpaired) electrons. The van der Waals surface area contributed by atoms with Gasteiger partial charge in [-0.05, 0) is 18.6 Å². The van der Waals surface area contributed by atoms with Crippen molar-refractivity contribution in [2.24, 2.45) is 0 Å². The standard InChI is InChI=1S/C14H21N3/c1-3-7-16-8-10-17(11-9-16)14-12(2)5-4-6-13(14)15/h3-6H,1,7-11,15H2,2H3. The summed E-state index contributed by atoms with van der Waals surface area (Å²) in [7, 11) is 0. The molecule has 0 unspecified atom stereocenters. The lowest BCUT2D eigenvalue weighted by Gasteiger charge is -2.36. The van der Waals surface area contributed by atoms with Gasteiger partial charge in [0.2, 0.25) is 0 Å². The molecule has 1 aromatic carbocycles. The van der Waals surface area contributed by atoms with E-state index in [0.29, 0.717) is 0 Å². The fourth-order valence-electron chi connectivity index (χ4n) is 2.45. The van der Waals surface area contributed by atoms with E-state index in [-0.39, 0.29) is 0 Å². The number of rotatable bonds is 3. The number of nitrogens with zero attached hydrogens (tertiary/aromatic N) is 2. The molecule has 1 aromatic rings. The SMILES string of the molecule is C=CCN1CCN(c2c(C)cccc2N)CC1. The van der Waals surface area contributed by atoms with Crippen molar-refractivity contribution in [2.45, 2.75) is 6.92 Å². The van der Waals surface area contributed by atoms with Gasteiger partial charge in [-0.25, -0.2) is 0 Å². The molecule has 0 aromatic heterocycles. The highest BCUT2D eigenvalue weighted by molar-refractivity contribution is 5.71. The van der Waals surface area contributed by atoms with Gasteiger partial charge in [0.1, 0.15) is 0 Å². The van der Waals surface area contributed by atoms with Crippen LogP contribution in [-0.2, 0) is 0 Å². The van der Waals surface area contributed by atoms with Crippen LogP contribution >= 0.6 is 0 Å². The lowest BCUT2D eigenvalue weighted by molar-refractivity contribution is 0.284. The molecule has 0 saturated carbocycles. The molecule has 2 N–H and O–H groups in total. The van der Waals surface area contributed by atoms with Gasteiger partial charge in [-0.3, -0.25) is 4.90 Å². The van der Waals surface area contributed by atoms with Crippen LogP contribution in [0, 0.1) is 6.92 Å². The number of para-hydroxylation sites is 1. The maximum atomic E-state index is 6.07. The summed E-state index contributed by atoms with van der Waals surface area (Å²) in [5.74, 6) is 0. The number of nitrogen functional groups attached to an aromatic ring is 1. The van der Waals surface area contributed by atoms with Crippen molar-refractivity contribution in [3.8, 4) is 0 Å². The Labute approximate surface area is 104 Å². The maximum Gasteiger partial charge on any atom is 0.0630 e. The molecular formula is C14H21N3. The van der Waals surface area contributed by atoms with Gasteiger partial charge < -0.3 is 10.6 Å².